The molecule has 2 unspecified atom stereocenters. The first-order valence-electron chi connectivity index (χ1n) is 7.74. The second-order valence-electron chi connectivity index (χ2n) is 5.60. The SMILES string of the molecule is CN=C(NCc1cccc(C#N)c1)NC1CCCC(SC)C1. The molecule has 4 nitrogen and oxygen atoms in total. The van der Waals surface area contributed by atoms with Crippen molar-refractivity contribution in [3.05, 3.63) is 35.4 Å². The number of guanidine groups is 1. The zero-order valence-electron chi connectivity index (χ0n) is 13.3. The van der Waals surface area contributed by atoms with E-state index in [-0.39, 0.29) is 0 Å². The van der Waals surface area contributed by atoms with Gasteiger partial charge in [-0.15, -0.1) is 0 Å². The molecule has 0 aliphatic heterocycles. The lowest BCUT2D eigenvalue weighted by atomic mass is 9.95. The van der Waals surface area contributed by atoms with Gasteiger partial charge in [-0.05, 0) is 43.2 Å². The maximum Gasteiger partial charge on any atom is 0.191 e. The zero-order valence-corrected chi connectivity index (χ0v) is 14.1. The van der Waals surface area contributed by atoms with Gasteiger partial charge in [0.1, 0.15) is 0 Å². The summed E-state index contributed by atoms with van der Waals surface area (Å²) in [4.78, 5) is 4.31. The molecule has 1 fully saturated rings. The van der Waals surface area contributed by atoms with Gasteiger partial charge in [-0.2, -0.15) is 17.0 Å². The molecule has 1 aliphatic rings. The Labute approximate surface area is 137 Å². The Balaban J connectivity index is 1.86. The van der Waals surface area contributed by atoms with Gasteiger partial charge in [0, 0.05) is 24.9 Å². The van der Waals surface area contributed by atoms with Crippen LogP contribution in [0.4, 0.5) is 0 Å². The number of hydrogen-bond donors (Lipinski definition) is 2. The van der Waals surface area contributed by atoms with Gasteiger partial charge in [-0.1, -0.05) is 18.6 Å². The van der Waals surface area contributed by atoms with Crippen molar-refractivity contribution in [2.75, 3.05) is 13.3 Å². The molecule has 0 heterocycles. The molecule has 0 saturated heterocycles. The van der Waals surface area contributed by atoms with E-state index in [1.807, 2.05) is 36.0 Å². The fourth-order valence-electron chi connectivity index (χ4n) is 2.81. The number of nitrogens with one attached hydrogen (secondary N) is 2. The summed E-state index contributed by atoms with van der Waals surface area (Å²) >= 11 is 1.97. The van der Waals surface area contributed by atoms with Crippen molar-refractivity contribution >= 4 is 17.7 Å². The van der Waals surface area contributed by atoms with Crippen molar-refractivity contribution in [2.24, 2.45) is 4.99 Å². The van der Waals surface area contributed by atoms with Crippen LogP contribution in [0, 0.1) is 11.3 Å². The van der Waals surface area contributed by atoms with Crippen molar-refractivity contribution in [3.63, 3.8) is 0 Å². The van der Waals surface area contributed by atoms with Crippen LogP contribution in [0.2, 0.25) is 0 Å². The Bertz CT molecular complexity index is 550. The number of rotatable bonds is 4. The molecule has 0 radical (unpaired) electrons. The van der Waals surface area contributed by atoms with E-state index in [2.05, 4.69) is 28.0 Å². The Morgan fingerprint density at radius 2 is 2.32 bits per heavy atom. The molecule has 1 aromatic carbocycles. The topological polar surface area (TPSA) is 60.2 Å². The number of benzene rings is 1. The molecule has 1 saturated carbocycles. The van der Waals surface area contributed by atoms with Crippen LogP contribution in [-0.2, 0) is 6.54 Å². The highest BCUT2D eigenvalue weighted by Crippen LogP contribution is 2.26. The minimum Gasteiger partial charge on any atom is -0.354 e. The monoisotopic (exact) mass is 316 g/mol. The van der Waals surface area contributed by atoms with Crippen LogP contribution in [-0.4, -0.2) is 30.6 Å². The lowest BCUT2D eigenvalue weighted by Crippen LogP contribution is -2.45. The van der Waals surface area contributed by atoms with E-state index in [9.17, 15) is 0 Å². The summed E-state index contributed by atoms with van der Waals surface area (Å²) in [5.41, 5.74) is 1.78. The lowest BCUT2D eigenvalue weighted by molar-refractivity contribution is 0.419. The predicted octanol–water partition coefficient (Wildman–Crippen LogP) is 2.90. The van der Waals surface area contributed by atoms with Crippen LogP contribution < -0.4 is 10.6 Å². The van der Waals surface area contributed by atoms with Gasteiger partial charge < -0.3 is 10.6 Å². The van der Waals surface area contributed by atoms with E-state index in [4.69, 9.17) is 5.26 Å². The molecular formula is C17H24N4S. The maximum atomic E-state index is 8.94. The highest BCUT2D eigenvalue weighted by molar-refractivity contribution is 7.99. The zero-order chi connectivity index (χ0) is 15.8. The van der Waals surface area contributed by atoms with Gasteiger partial charge in [-0.25, -0.2) is 0 Å². The van der Waals surface area contributed by atoms with E-state index in [0.29, 0.717) is 18.2 Å². The molecular weight excluding hydrogens is 292 g/mol. The van der Waals surface area contributed by atoms with Gasteiger partial charge in [0.2, 0.25) is 0 Å². The lowest BCUT2D eigenvalue weighted by Gasteiger charge is -2.29. The van der Waals surface area contributed by atoms with Crippen LogP contribution in [0.1, 0.15) is 36.8 Å². The normalized spacial score (nSPS) is 22.0. The molecule has 1 aromatic rings. The number of nitriles is 1. The van der Waals surface area contributed by atoms with Crippen LogP contribution in [0.15, 0.2) is 29.3 Å². The smallest absolute Gasteiger partial charge is 0.191 e. The summed E-state index contributed by atoms with van der Waals surface area (Å²) in [5.74, 6) is 0.842. The average molecular weight is 316 g/mol. The molecule has 22 heavy (non-hydrogen) atoms. The molecule has 118 valence electrons. The van der Waals surface area contributed by atoms with E-state index in [1.54, 1.807) is 7.05 Å². The Hall–Kier alpha value is -1.67. The van der Waals surface area contributed by atoms with Gasteiger partial charge >= 0.3 is 0 Å². The molecule has 0 bridgehead atoms. The fraction of sp³-hybridized carbons (Fsp3) is 0.529. The van der Waals surface area contributed by atoms with Gasteiger partial charge in [0.05, 0.1) is 11.6 Å². The molecule has 2 atom stereocenters. The van der Waals surface area contributed by atoms with E-state index < -0.39 is 0 Å². The molecule has 0 spiro atoms. The number of hydrogen-bond acceptors (Lipinski definition) is 3. The van der Waals surface area contributed by atoms with Crippen LogP contribution in [0.5, 0.6) is 0 Å². The fourth-order valence-corrected chi connectivity index (χ4v) is 3.64. The maximum absolute atomic E-state index is 8.94. The van der Waals surface area contributed by atoms with Crippen molar-refractivity contribution < 1.29 is 0 Å². The third kappa shape index (κ3) is 4.96. The molecule has 5 heteroatoms. The highest BCUT2D eigenvalue weighted by atomic mass is 32.2. The third-order valence-corrected chi connectivity index (χ3v) is 5.13. The molecule has 0 amide bonds. The predicted molar refractivity (Wildman–Crippen MR) is 94.1 cm³/mol. The third-order valence-electron chi connectivity index (χ3n) is 4.04. The van der Waals surface area contributed by atoms with Gasteiger partial charge in [0.15, 0.2) is 5.96 Å². The van der Waals surface area contributed by atoms with Gasteiger partial charge in [0.25, 0.3) is 0 Å². The minimum absolute atomic E-state index is 0.503. The van der Waals surface area contributed by atoms with Crippen molar-refractivity contribution in [1.82, 2.24) is 10.6 Å². The van der Waals surface area contributed by atoms with Crippen LogP contribution >= 0.6 is 11.8 Å². The minimum atomic E-state index is 0.503. The molecule has 2 rings (SSSR count). The van der Waals surface area contributed by atoms with Crippen molar-refractivity contribution in [1.29, 1.82) is 5.26 Å². The summed E-state index contributed by atoms with van der Waals surface area (Å²) in [6, 6.07) is 10.3. The van der Waals surface area contributed by atoms with Crippen LogP contribution in [0.25, 0.3) is 0 Å². The van der Waals surface area contributed by atoms with E-state index in [0.717, 1.165) is 16.8 Å². The van der Waals surface area contributed by atoms with Crippen molar-refractivity contribution in [3.8, 4) is 6.07 Å². The Morgan fingerprint density at radius 3 is 3.05 bits per heavy atom. The molecule has 1 aliphatic carbocycles. The van der Waals surface area contributed by atoms with E-state index in [1.165, 1.54) is 25.7 Å². The number of aliphatic imine (C=N–C) groups is 1. The average Bonchev–Trinajstić information content (AvgIpc) is 2.58. The summed E-state index contributed by atoms with van der Waals surface area (Å²) in [7, 11) is 1.80. The summed E-state index contributed by atoms with van der Waals surface area (Å²) in [5, 5.41) is 16.6. The molecule has 0 aromatic heterocycles. The summed E-state index contributed by atoms with van der Waals surface area (Å²) in [6.07, 6.45) is 7.21. The Morgan fingerprint density at radius 1 is 1.45 bits per heavy atom. The summed E-state index contributed by atoms with van der Waals surface area (Å²) < 4.78 is 0. The summed E-state index contributed by atoms with van der Waals surface area (Å²) in [6.45, 7) is 0.674. The molecule has 2 N–H and O–H groups in total. The van der Waals surface area contributed by atoms with Crippen LogP contribution in [0.3, 0.4) is 0 Å². The number of thioether (sulfide) groups is 1. The standard InChI is InChI=1S/C17H24N4S/c1-19-17(21-15-7-4-8-16(10-15)22-2)20-12-14-6-3-5-13(9-14)11-18/h3,5-6,9,15-16H,4,7-8,10,12H2,1-2H3,(H2,19,20,21). The number of nitrogens with zero attached hydrogens (tertiary/aromatic N) is 2. The van der Waals surface area contributed by atoms with Crippen molar-refractivity contribution in [2.45, 2.75) is 43.5 Å². The van der Waals surface area contributed by atoms with E-state index >= 15 is 0 Å². The quantitative estimate of drug-likeness (QED) is 0.662. The van der Waals surface area contributed by atoms with Gasteiger partial charge in [-0.3, -0.25) is 4.99 Å². The largest absolute Gasteiger partial charge is 0.354 e. The first-order valence-corrected chi connectivity index (χ1v) is 9.03. The first kappa shape index (κ1) is 16.7. The first-order chi connectivity index (χ1) is 10.7. The Kier molecular flexibility index (Phi) is 6.60. The second-order valence-corrected chi connectivity index (χ2v) is 6.74. The highest BCUT2D eigenvalue weighted by Gasteiger charge is 2.21. The second kappa shape index (κ2) is 8.70.